The summed E-state index contributed by atoms with van der Waals surface area (Å²) in [5.74, 6) is 0.134. The molecule has 1 saturated carbocycles. The number of amides is 1. The molecule has 1 aliphatic rings. The zero-order chi connectivity index (χ0) is 20.4. The van der Waals surface area contributed by atoms with Crippen molar-refractivity contribution >= 4 is 11.7 Å². The molecule has 8 heteroatoms. The molecule has 0 aliphatic heterocycles. The summed E-state index contributed by atoms with van der Waals surface area (Å²) in [5.41, 5.74) is 6.43. The van der Waals surface area contributed by atoms with E-state index in [2.05, 4.69) is 20.5 Å². The molecule has 2 aromatic heterocycles. The first-order valence-electron chi connectivity index (χ1n) is 9.23. The maximum absolute atomic E-state index is 14.2. The van der Waals surface area contributed by atoms with Crippen LogP contribution in [0.1, 0.15) is 35.3 Å². The number of carbonyl (C=O) groups excluding carboxylic acids is 1. The minimum absolute atomic E-state index is 0.171. The number of benzene rings is 1. The molecule has 3 N–H and O–H groups in total. The average Bonchev–Trinajstić information content (AvgIpc) is 2.71. The quantitative estimate of drug-likeness (QED) is 0.666. The van der Waals surface area contributed by atoms with Crippen LogP contribution in [0.5, 0.6) is 5.75 Å². The summed E-state index contributed by atoms with van der Waals surface area (Å²) in [6.07, 6.45) is 4.57. The Bertz CT molecular complexity index is 1050. The third-order valence-corrected chi connectivity index (χ3v) is 5.21. The molecule has 4 rings (SSSR count). The zero-order valence-corrected chi connectivity index (χ0v) is 15.9. The van der Waals surface area contributed by atoms with Crippen LogP contribution in [0.15, 0.2) is 48.7 Å². The second-order valence-corrected chi connectivity index (χ2v) is 6.98. The van der Waals surface area contributed by atoms with E-state index >= 15 is 0 Å². The highest BCUT2D eigenvalue weighted by molar-refractivity contribution is 5.94. The van der Waals surface area contributed by atoms with Crippen LogP contribution in [-0.4, -0.2) is 28.2 Å². The van der Waals surface area contributed by atoms with Gasteiger partial charge in [-0.1, -0.05) is 0 Å². The SMILES string of the molecule is COc1cccnc1C1(Nc2ccc(-c3cc(C(N)=O)ccc3F)nn2)CCC1. The molecule has 7 nitrogen and oxygen atoms in total. The minimum Gasteiger partial charge on any atom is -0.495 e. The van der Waals surface area contributed by atoms with E-state index in [0.717, 1.165) is 30.7 Å². The smallest absolute Gasteiger partial charge is 0.248 e. The second-order valence-electron chi connectivity index (χ2n) is 6.98. The number of nitrogens with one attached hydrogen (secondary N) is 1. The van der Waals surface area contributed by atoms with Crippen molar-refractivity contribution in [2.24, 2.45) is 5.73 Å². The molecule has 1 amide bonds. The van der Waals surface area contributed by atoms with E-state index in [9.17, 15) is 9.18 Å². The van der Waals surface area contributed by atoms with Crippen LogP contribution in [0.3, 0.4) is 0 Å². The summed E-state index contributed by atoms with van der Waals surface area (Å²) >= 11 is 0. The summed E-state index contributed by atoms with van der Waals surface area (Å²) < 4.78 is 19.7. The van der Waals surface area contributed by atoms with Crippen LogP contribution in [0, 0.1) is 5.82 Å². The number of pyridine rings is 1. The summed E-state index contributed by atoms with van der Waals surface area (Å²) in [4.78, 5) is 15.9. The Hall–Kier alpha value is -3.55. The van der Waals surface area contributed by atoms with Crippen molar-refractivity contribution < 1.29 is 13.9 Å². The molecule has 148 valence electrons. The van der Waals surface area contributed by atoms with Gasteiger partial charge < -0.3 is 15.8 Å². The molecule has 0 saturated heterocycles. The maximum Gasteiger partial charge on any atom is 0.248 e. The number of aromatic nitrogens is 3. The summed E-state index contributed by atoms with van der Waals surface area (Å²) in [7, 11) is 1.62. The van der Waals surface area contributed by atoms with E-state index in [-0.39, 0.29) is 16.7 Å². The van der Waals surface area contributed by atoms with E-state index in [1.54, 1.807) is 25.4 Å². The highest BCUT2D eigenvalue weighted by Crippen LogP contribution is 2.46. The van der Waals surface area contributed by atoms with Gasteiger partial charge in [0.1, 0.15) is 23.1 Å². The van der Waals surface area contributed by atoms with Gasteiger partial charge in [-0.25, -0.2) is 4.39 Å². The second kappa shape index (κ2) is 7.46. The monoisotopic (exact) mass is 393 g/mol. The molecule has 0 spiro atoms. The zero-order valence-electron chi connectivity index (χ0n) is 15.9. The van der Waals surface area contributed by atoms with Crippen LogP contribution in [-0.2, 0) is 5.54 Å². The van der Waals surface area contributed by atoms with Gasteiger partial charge in [-0.3, -0.25) is 9.78 Å². The molecule has 1 aliphatic carbocycles. The van der Waals surface area contributed by atoms with Crippen LogP contribution in [0.2, 0.25) is 0 Å². The van der Waals surface area contributed by atoms with Gasteiger partial charge in [0.2, 0.25) is 5.91 Å². The topological polar surface area (TPSA) is 103 Å². The largest absolute Gasteiger partial charge is 0.495 e. The maximum atomic E-state index is 14.2. The number of primary amides is 1. The number of methoxy groups -OCH3 is 1. The number of anilines is 1. The predicted octanol–water partition coefficient (Wildman–Crippen LogP) is 3.28. The number of carbonyl (C=O) groups is 1. The van der Waals surface area contributed by atoms with Crippen molar-refractivity contribution in [2.45, 2.75) is 24.8 Å². The lowest BCUT2D eigenvalue weighted by atomic mass is 9.73. The predicted molar refractivity (Wildman–Crippen MR) is 106 cm³/mol. The Morgan fingerprint density at radius 2 is 2.03 bits per heavy atom. The Morgan fingerprint density at radius 1 is 1.21 bits per heavy atom. The Balaban J connectivity index is 1.62. The van der Waals surface area contributed by atoms with Gasteiger partial charge in [0, 0.05) is 17.3 Å². The van der Waals surface area contributed by atoms with Crippen LogP contribution in [0.25, 0.3) is 11.3 Å². The molecule has 2 heterocycles. The first kappa shape index (κ1) is 18.8. The number of rotatable bonds is 6. The van der Waals surface area contributed by atoms with E-state index < -0.39 is 11.7 Å². The summed E-state index contributed by atoms with van der Waals surface area (Å²) in [6.45, 7) is 0. The van der Waals surface area contributed by atoms with E-state index in [1.807, 2.05) is 12.1 Å². The molecule has 0 radical (unpaired) electrons. The van der Waals surface area contributed by atoms with Crippen LogP contribution < -0.4 is 15.8 Å². The molecule has 0 atom stereocenters. The summed E-state index contributed by atoms with van der Waals surface area (Å²) in [5, 5.41) is 11.8. The van der Waals surface area contributed by atoms with Gasteiger partial charge >= 0.3 is 0 Å². The van der Waals surface area contributed by atoms with Gasteiger partial charge in [0.25, 0.3) is 0 Å². The van der Waals surface area contributed by atoms with E-state index in [0.29, 0.717) is 11.5 Å². The number of halogens is 1. The van der Waals surface area contributed by atoms with Crippen molar-refractivity contribution in [3.05, 3.63) is 65.7 Å². The third kappa shape index (κ3) is 3.49. The van der Waals surface area contributed by atoms with Gasteiger partial charge in [0.15, 0.2) is 0 Å². The molecule has 0 bridgehead atoms. The van der Waals surface area contributed by atoms with Crippen LogP contribution >= 0.6 is 0 Å². The fourth-order valence-corrected chi connectivity index (χ4v) is 3.53. The van der Waals surface area contributed by atoms with Gasteiger partial charge in [-0.2, -0.15) is 0 Å². The van der Waals surface area contributed by atoms with Crippen LogP contribution in [0.4, 0.5) is 10.2 Å². The van der Waals surface area contributed by atoms with E-state index in [4.69, 9.17) is 10.5 Å². The molecule has 1 fully saturated rings. The normalized spacial score (nSPS) is 14.7. The Morgan fingerprint density at radius 3 is 2.66 bits per heavy atom. The van der Waals surface area contributed by atoms with Gasteiger partial charge in [-0.05, 0) is 61.7 Å². The van der Waals surface area contributed by atoms with Gasteiger partial charge in [-0.15, -0.1) is 10.2 Å². The third-order valence-electron chi connectivity index (χ3n) is 5.21. The molecule has 0 unspecified atom stereocenters. The van der Waals surface area contributed by atoms with Gasteiger partial charge in [0.05, 0.1) is 18.3 Å². The fraction of sp³-hybridized carbons (Fsp3) is 0.238. The molecular formula is C21H20FN5O2. The standard InChI is InChI=1S/C21H20FN5O2/c1-29-17-4-2-11-24-19(17)21(9-3-10-21)25-18-8-7-16(26-27-18)14-12-13(20(23)28)5-6-15(14)22/h2,4-8,11-12H,3,9-10H2,1H3,(H2,23,28)(H,25,27). The Labute approximate surface area is 167 Å². The van der Waals surface area contributed by atoms with Crippen molar-refractivity contribution in [3.8, 4) is 17.0 Å². The van der Waals surface area contributed by atoms with Crippen molar-refractivity contribution in [2.75, 3.05) is 12.4 Å². The lowest BCUT2D eigenvalue weighted by Crippen LogP contribution is -2.43. The molecule has 3 aromatic rings. The van der Waals surface area contributed by atoms with Crippen molar-refractivity contribution in [1.82, 2.24) is 15.2 Å². The Kier molecular flexibility index (Phi) is 4.84. The number of nitrogens with zero attached hydrogens (tertiary/aromatic N) is 3. The molecular weight excluding hydrogens is 373 g/mol. The average molecular weight is 393 g/mol. The highest BCUT2D eigenvalue weighted by Gasteiger charge is 2.42. The van der Waals surface area contributed by atoms with E-state index in [1.165, 1.54) is 18.2 Å². The van der Waals surface area contributed by atoms with Crippen molar-refractivity contribution in [3.63, 3.8) is 0 Å². The first-order valence-corrected chi connectivity index (χ1v) is 9.23. The number of nitrogens with two attached hydrogens (primary N) is 1. The lowest BCUT2D eigenvalue weighted by molar-refractivity contribution is 0.100. The fourth-order valence-electron chi connectivity index (χ4n) is 3.53. The number of ether oxygens (including phenoxy) is 1. The highest BCUT2D eigenvalue weighted by atomic mass is 19.1. The first-order chi connectivity index (χ1) is 14.0. The molecule has 29 heavy (non-hydrogen) atoms. The number of hydrogen-bond acceptors (Lipinski definition) is 6. The number of hydrogen-bond donors (Lipinski definition) is 2. The van der Waals surface area contributed by atoms with Crippen molar-refractivity contribution in [1.29, 1.82) is 0 Å². The summed E-state index contributed by atoms with van der Waals surface area (Å²) in [6, 6.07) is 11.0. The lowest BCUT2D eigenvalue weighted by Gasteiger charge is -2.42. The molecule has 1 aromatic carbocycles. The minimum atomic E-state index is -0.631.